The van der Waals surface area contributed by atoms with Crippen molar-refractivity contribution in [2.24, 2.45) is 0 Å². The molecule has 0 spiro atoms. The van der Waals surface area contributed by atoms with Crippen molar-refractivity contribution >= 4 is 21.4 Å². The number of benzene rings is 1. The fraction of sp³-hybridized carbons (Fsp3) is 0.538. The average molecular weight is 301 g/mol. The number of nitrogens with two attached hydrogens (primary N) is 1. The fourth-order valence-electron chi connectivity index (χ4n) is 1.90. The minimum Gasteiger partial charge on any atom is -0.397 e. The molecule has 1 aromatic carbocycles. The maximum Gasteiger partial charge on any atom is 0.242 e. The summed E-state index contributed by atoms with van der Waals surface area (Å²) in [5.41, 5.74) is 7.19. The zero-order valence-corrected chi connectivity index (χ0v) is 13.0. The molecular weight excluding hydrogens is 278 g/mol. The van der Waals surface area contributed by atoms with Gasteiger partial charge in [0.15, 0.2) is 0 Å². The van der Waals surface area contributed by atoms with E-state index in [9.17, 15) is 8.42 Å². The molecule has 3 N–H and O–H groups in total. The molecule has 0 aliphatic heterocycles. The van der Waals surface area contributed by atoms with Crippen molar-refractivity contribution in [3.05, 3.63) is 18.2 Å². The first-order chi connectivity index (χ1) is 9.34. The summed E-state index contributed by atoms with van der Waals surface area (Å²) in [4.78, 5) is 2.19. The Hall–Kier alpha value is -1.31. The van der Waals surface area contributed by atoms with Crippen LogP contribution >= 0.6 is 0 Å². The van der Waals surface area contributed by atoms with Crippen molar-refractivity contribution in [1.29, 1.82) is 0 Å². The van der Waals surface area contributed by atoms with Crippen LogP contribution in [-0.2, 0) is 10.0 Å². The van der Waals surface area contributed by atoms with Gasteiger partial charge < -0.3 is 15.7 Å². The number of nitrogen functional groups attached to an aromatic ring is 1. The van der Waals surface area contributed by atoms with Gasteiger partial charge in [0.05, 0.1) is 16.3 Å². The standard InChI is InChI=1S/C13H23N3O3S/c1-4-16(8-5-9-17)13-7-6-11(10-12(13)14)20(18,19)15(2)3/h6-7,10,17H,4-5,8-9,14H2,1-3H3. The average Bonchev–Trinajstić information content (AvgIpc) is 2.40. The minimum absolute atomic E-state index is 0.115. The van der Waals surface area contributed by atoms with Crippen LogP contribution in [0.1, 0.15) is 13.3 Å². The van der Waals surface area contributed by atoms with Crippen molar-refractivity contribution < 1.29 is 13.5 Å². The van der Waals surface area contributed by atoms with Crippen LogP contribution in [0, 0.1) is 0 Å². The van der Waals surface area contributed by atoms with Gasteiger partial charge in [-0.1, -0.05) is 0 Å². The zero-order chi connectivity index (χ0) is 15.3. The summed E-state index contributed by atoms with van der Waals surface area (Å²) < 4.78 is 25.2. The van der Waals surface area contributed by atoms with Gasteiger partial charge >= 0.3 is 0 Å². The van der Waals surface area contributed by atoms with Crippen LogP contribution in [0.15, 0.2) is 23.1 Å². The molecule has 0 saturated carbocycles. The Labute approximate surface area is 120 Å². The first-order valence-electron chi connectivity index (χ1n) is 6.52. The molecule has 7 heteroatoms. The molecule has 0 heterocycles. The van der Waals surface area contributed by atoms with Gasteiger partial charge in [0, 0.05) is 33.8 Å². The Morgan fingerprint density at radius 2 is 1.95 bits per heavy atom. The molecule has 0 bridgehead atoms. The summed E-state index contributed by atoms with van der Waals surface area (Å²) in [5.74, 6) is 0. The number of aliphatic hydroxyl groups is 1. The van der Waals surface area contributed by atoms with Crippen molar-refractivity contribution in [2.75, 3.05) is 44.4 Å². The van der Waals surface area contributed by atoms with Crippen LogP contribution in [-0.4, -0.2) is 51.6 Å². The van der Waals surface area contributed by atoms with Crippen LogP contribution in [0.2, 0.25) is 0 Å². The van der Waals surface area contributed by atoms with Crippen LogP contribution in [0.3, 0.4) is 0 Å². The number of sulfonamides is 1. The number of aliphatic hydroxyl groups excluding tert-OH is 1. The van der Waals surface area contributed by atoms with Gasteiger partial charge in [0.25, 0.3) is 0 Å². The molecular formula is C13H23N3O3S. The fourth-order valence-corrected chi connectivity index (χ4v) is 2.84. The largest absolute Gasteiger partial charge is 0.397 e. The molecule has 0 amide bonds. The van der Waals surface area contributed by atoms with Gasteiger partial charge in [0.2, 0.25) is 10.0 Å². The summed E-state index contributed by atoms with van der Waals surface area (Å²) in [5, 5.41) is 8.90. The third kappa shape index (κ3) is 3.62. The predicted octanol–water partition coefficient (Wildman–Crippen LogP) is 0.728. The van der Waals surface area contributed by atoms with E-state index in [1.807, 2.05) is 11.8 Å². The summed E-state index contributed by atoms with van der Waals surface area (Å²) >= 11 is 0. The number of hydrogen-bond donors (Lipinski definition) is 2. The molecule has 0 fully saturated rings. The van der Waals surface area contributed by atoms with E-state index in [-0.39, 0.29) is 11.5 Å². The third-order valence-electron chi connectivity index (χ3n) is 3.09. The van der Waals surface area contributed by atoms with E-state index in [1.54, 1.807) is 12.1 Å². The van der Waals surface area contributed by atoms with E-state index in [2.05, 4.69) is 0 Å². The Balaban J connectivity index is 3.10. The van der Waals surface area contributed by atoms with E-state index in [1.165, 1.54) is 20.2 Å². The normalized spacial score (nSPS) is 11.8. The highest BCUT2D eigenvalue weighted by molar-refractivity contribution is 7.89. The molecule has 6 nitrogen and oxygen atoms in total. The van der Waals surface area contributed by atoms with Crippen LogP contribution in [0.25, 0.3) is 0 Å². The second-order valence-electron chi connectivity index (χ2n) is 4.66. The molecule has 1 aromatic rings. The first-order valence-corrected chi connectivity index (χ1v) is 7.96. The predicted molar refractivity (Wildman–Crippen MR) is 81.3 cm³/mol. The van der Waals surface area contributed by atoms with Crippen LogP contribution < -0.4 is 10.6 Å². The minimum atomic E-state index is -3.47. The Kier molecular flexibility index (Phi) is 5.79. The lowest BCUT2D eigenvalue weighted by molar-refractivity contribution is 0.289. The smallest absolute Gasteiger partial charge is 0.242 e. The number of hydrogen-bond acceptors (Lipinski definition) is 5. The molecule has 1 rings (SSSR count). The number of rotatable bonds is 7. The van der Waals surface area contributed by atoms with Crippen molar-refractivity contribution in [1.82, 2.24) is 4.31 Å². The maximum absolute atomic E-state index is 12.0. The summed E-state index contributed by atoms with van der Waals surface area (Å²) in [6, 6.07) is 4.75. The van der Waals surface area contributed by atoms with Crippen molar-refractivity contribution in [2.45, 2.75) is 18.2 Å². The monoisotopic (exact) mass is 301 g/mol. The van der Waals surface area contributed by atoms with Crippen LogP contribution in [0.5, 0.6) is 0 Å². The first kappa shape index (κ1) is 16.7. The van der Waals surface area contributed by atoms with Crippen molar-refractivity contribution in [3.8, 4) is 0 Å². The molecule has 0 atom stereocenters. The highest BCUT2D eigenvalue weighted by Crippen LogP contribution is 2.27. The lowest BCUT2D eigenvalue weighted by Gasteiger charge is -2.25. The van der Waals surface area contributed by atoms with Crippen molar-refractivity contribution in [3.63, 3.8) is 0 Å². The Morgan fingerprint density at radius 1 is 1.30 bits per heavy atom. The molecule has 0 saturated heterocycles. The van der Waals surface area contributed by atoms with Gasteiger partial charge in [0.1, 0.15) is 0 Å². The SMILES string of the molecule is CCN(CCCO)c1ccc(S(=O)(=O)N(C)C)cc1N. The molecule has 114 valence electrons. The van der Waals surface area contributed by atoms with Gasteiger partial charge in [-0.05, 0) is 31.5 Å². The molecule has 0 radical (unpaired) electrons. The second-order valence-corrected chi connectivity index (χ2v) is 6.82. The quantitative estimate of drug-likeness (QED) is 0.725. The molecule has 0 aromatic heterocycles. The number of anilines is 2. The van der Waals surface area contributed by atoms with Gasteiger partial charge in [-0.25, -0.2) is 12.7 Å². The van der Waals surface area contributed by atoms with E-state index < -0.39 is 10.0 Å². The van der Waals surface area contributed by atoms with E-state index in [0.29, 0.717) is 18.7 Å². The Morgan fingerprint density at radius 3 is 2.40 bits per heavy atom. The number of nitrogens with zero attached hydrogens (tertiary/aromatic N) is 2. The third-order valence-corrected chi connectivity index (χ3v) is 4.90. The lowest BCUT2D eigenvalue weighted by Crippen LogP contribution is -2.26. The lowest BCUT2D eigenvalue weighted by atomic mass is 10.2. The maximum atomic E-state index is 12.0. The van der Waals surface area contributed by atoms with Gasteiger partial charge in [-0.15, -0.1) is 0 Å². The summed E-state index contributed by atoms with van der Waals surface area (Å²) in [6.45, 7) is 3.52. The van der Waals surface area contributed by atoms with Gasteiger partial charge in [-0.3, -0.25) is 0 Å². The summed E-state index contributed by atoms with van der Waals surface area (Å²) in [7, 11) is -0.500. The highest BCUT2D eigenvalue weighted by Gasteiger charge is 2.19. The van der Waals surface area contributed by atoms with Crippen LogP contribution in [0.4, 0.5) is 11.4 Å². The topological polar surface area (TPSA) is 86.9 Å². The molecule has 0 aliphatic carbocycles. The van der Waals surface area contributed by atoms with E-state index >= 15 is 0 Å². The Bertz CT molecular complexity index is 544. The highest BCUT2D eigenvalue weighted by atomic mass is 32.2. The molecule has 20 heavy (non-hydrogen) atoms. The second kappa shape index (κ2) is 6.92. The van der Waals surface area contributed by atoms with E-state index in [0.717, 1.165) is 16.5 Å². The van der Waals surface area contributed by atoms with E-state index in [4.69, 9.17) is 10.8 Å². The molecule has 0 unspecified atom stereocenters. The zero-order valence-electron chi connectivity index (χ0n) is 12.2. The molecule has 0 aliphatic rings. The van der Waals surface area contributed by atoms with Gasteiger partial charge in [-0.2, -0.15) is 0 Å². The summed E-state index contributed by atoms with van der Waals surface area (Å²) in [6.07, 6.45) is 0.644.